The molecule has 170 valence electrons. The molecule has 3 amide bonds. The number of aryl methyl sites for hydroxylation is 2. The lowest BCUT2D eigenvalue weighted by molar-refractivity contribution is -0.127. The van der Waals surface area contributed by atoms with E-state index in [1.54, 1.807) is 0 Å². The monoisotopic (exact) mass is 463 g/mol. The zero-order valence-corrected chi connectivity index (χ0v) is 19.4. The van der Waals surface area contributed by atoms with E-state index in [-0.39, 0.29) is 18.2 Å². The number of hydrogen-bond donors (Lipinski definition) is 1. The molecule has 6 nitrogen and oxygen atoms in total. The smallest absolute Gasteiger partial charge is 0.325 e. The third-order valence-corrected chi connectivity index (χ3v) is 6.35. The Balaban J connectivity index is 1.43. The Bertz CT molecular complexity index is 1190. The topological polar surface area (TPSA) is 71.4 Å². The Labute approximate surface area is 198 Å². The molecule has 2 aromatic carbocycles. The average Bonchev–Trinajstić information content (AvgIpc) is 3.23. The Morgan fingerprint density at radius 1 is 1.00 bits per heavy atom. The van der Waals surface area contributed by atoms with Gasteiger partial charge >= 0.3 is 6.03 Å². The summed E-state index contributed by atoms with van der Waals surface area (Å²) in [7, 11) is 0. The van der Waals surface area contributed by atoms with E-state index in [0.29, 0.717) is 17.0 Å². The van der Waals surface area contributed by atoms with Gasteiger partial charge in [0.1, 0.15) is 6.04 Å². The zero-order valence-electron chi connectivity index (χ0n) is 18.7. The number of aromatic nitrogens is 1. The number of carbonyl (C=O) groups excluding carboxylic acids is 3. The number of Topliss-reactive ketones (excluding diaryl/α,β-unsaturated/α-hetero) is 1. The first kappa shape index (κ1) is 22.8. The molecule has 0 radical (unpaired) electrons. The van der Waals surface area contributed by atoms with Crippen molar-refractivity contribution in [3.05, 3.63) is 93.8 Å². The van der Waals surface area contributed by atoms with E-state index < -0.39 is 12.1 Å². The van der Waals surface area contributed by atoms with Crippen LogP contribution in [-0.4, -0.2) is 39.8 Å². The summed E-state index contributed by atoms with van der Waals surface area (Å²) in [5, 5.41) is 3.40. The van der Waals surface area contributed by atoms with Gasteiger partial charge in [0.2, 0.25) is 0 Å². The number of nitrogens with zero attached hydrogens (tertiary/aromatic N) is 2. The number of imide groups is 1. The number of hydrogen-bond acceptors (Lipinski definition) is 3. The molecule has 33 heavy (non-hydrogen) atoms. The molecule has 1 N–H and O–H groups in total. The molecule has 1 fully saturated rings. The van der Waals surface area contributed by atoms with Crippen LogP contribution >= 0.6 is 11.6 Å². The van der Waals surface area contributed by atoms with Crippen molar-refractivity contribution in [1.82, 2.24) is 14.8 Å². The van der Waals surface area contributed by atoms with Crippen molar-refractivity contribution in [1.29, 1.82) is 0 Å². The van der Waals surface area contributed by atoms with E-state index in [1.165, 1.54) is 0 Å². The highest BCUT2D eigenvalue weighted by atomic mass is 35.5. The van der Waals surface area contributed by atoms with Crippen LogP contribution in [0.25, 0.3) is 0 Å². The maximum atomic E-state index is 13.1. The molecule has 1 aliphatic heterocycles. The van der Waals surface area contributed by atoms with Gasteiger partial charge in [-0.25, -0.2) is 4.79 Å². The van der Waals surface area contributed by atoms with Crippen molar-refractivity contribution in [2.75, 3.05) is 6.54 Å². The van der Waals surface area contributed by atoms with Crippen molar-refractivity contribution in [3.8, 4) is 0 Å². The Morgan fingerprint density at radius 3 is 2.39 bits per heavy atom. The third kappa shape index (κ3) is 5.01. The highest BCUT2D eigenvalue weighted by Crippen LogP contribution is 2.19. The molecule has 3 aromatic rings. The lowest BCUT2D eigenvalue weighted by atomic mass is 10.1. The van der Waals surface area contributed by atoms with E-state index in [1.807, 2.05) is 74.5 Å². The zero-order chi connectivity index (χ0) is 23.5. The van der Waals surface area contributed by atoms with E-state index >= 15 is 0 Å². The second-order valence-electron chi connectivity index (χ2n) is 8.35. The number of rotatable bonds is 8. The molecule has 7 heteroatoms. The van der Waals surface area contributed by atoms with E-state index in [9.17, 15) is 14.4 Å². The van der Waals surface area contributed by atoms with Gasteiger partial charge in [-0.2, -0.15) is 0 Å². The average molecular weight is 464 g/mol. The standard InChI is InChI=1S/C26H26ClN3O3/c1-17-14-22(18(2)29(17)13-12-19-8-10-21(27)11-9-19)24(31)16-30-25(32)23(28-26(30)33)15-20-6-4-3-5-7-20/h3-11,14,23H,12-13,15-16H2,1-2H3,(H,28,33)/t23-/m1/s1. The quantitative estimate of drug-likeness (QED) is 0.399. The van der Waals surface area contributed by atoms with Crippen LogP contribution in [0.3, 0.4) is 0 Å². The highest BCUT2D eigenvalue weighted by Gasteiger charge is 2.39. The van der Waals surface area contributed by atoms with Crippen molar-refractivity contribution in [2.45, 2.75) is 39.3 Å². The van der Waals surface area contributed by atoms with Crippen LogP contribution in [0.4, 0.5) is 4.79 Å². The SMILES string of the molecule is Cc1cc(C(=O)CN2C(=O)N[C@H](Cc3ccccc3)C2=O)c(C)n1CCc1ccc(Cl)cc1. The van der Waals surface area contributed by atoms with Crippen LogP contribution in [0.1, 0.15) is 32.9 Å². The number of carbonyl (C=O) groups is 3. The van der Waals surface area contributed by atoms with E-state index in [2.05, 4.69) is 9.88 Å². The fraction of sp³-hybridized carbons (Fsp3) is 0.269. The minimum absolute atomic E-state index is 0.246. The molecule has 0 bridgehead atoms. The number of amides is 3. The molecule has 0 spiro atoms. The number of urea groups is 1. The number of benzene rings is 2. The predicted molar refractivity (Wildman–Crippen MR) is 128 cm³/mol. The highest BCUT2D eigenvalue weighted by molar-refractivity contribution is 6.30. The van der Waals surface area contributed by atoms with Gasteiger partial charge in [-0.1, -0.05) is 54.1 Å². The maximum absolute atomic E-state index is 13.1. The lowest BCUT2D eigenvalue weighted by Crippen LogP contribution is -2.36. The summed E-state index contributed by atoms with van der Waals surface area (Å²) in [6.45, 7) is 4.30. The van der Waals surface area contributed by atoms with Gasteiger partial charge in [0.25, 0.3) is 5.91 Å². The number of nitrogens with one attached hydrogen (secondary N) is 1. The van der Waals surface area contributed by atoms with E-state index in [0.717, 1.165) is 40.4 Å². The number of halogens is 1. The van der Waals surface area contributed by atoms with Crippen LogP contribution < -0.4 is 5.32 Å². The largest absolute Gasteiger partial charge is 0.348 e. The maximum Gasteiger partial charge on any atom is 0.325 e. The second kappa shape index (κ2) is 9.63. The molecule has 1 aromatic heterocycles. The minimum atomic E-state index is -0.653. The van der Waals surface area contributed by atoms with Gasteiger partial charge in [-0.05, 0) is 49.6 Å². The Kier molecular flexibility index (Phi) is 6.65. The molecule has 1 aliphatic rings. The summed E-state index contributed by atoms with van der Waals surface area (Å²) in [6.07, 6.45) is 1.20. The van der Waals surface area contributed by atoms with Crippen molar-refractivity contribution in [2.24, 2.45) is 0 Å². The van der Waals surface area contributed by atoms with Gasteiger partial charge in [0.05, 0.1) is 6.54 Å². The summed E-state index contributed by atoms with van der Waals surface area (Å²) < 4.78 is 2.09. The van der Waals surface area contributed by atoms with Crippen LogP contribution in [0.5, 0.6) is 0 Å². The first-order chi connectivity index (χ1) is 15.8. The normalized spacial score (nSPS) is 15.7. The van der Waals surface area contributed by atoms with Crippen LogP contribution in [0, 0.1) is 13.8 Å². The van der Waals surface area contributed by atoms with Gasteiger partial charge in [-0.15, -0.1) is 0 Å². The van der Waals surface area contributed by atoms with Gasteiger partial charge < -0.3 is 9.88 Å². The fourth-order valence-electron chi connectivity index (χ4n) is 4.26. The van der Waals surface area contributed by atoms with Crippen molar-refractivity contribution >= 4 is 29.3 Å². The molecular weight excluding hydrogens is 438 g/mol. The minimum Gasteiger partial charge on any atom is -0.348 e. The van der Waals surface area contributed by atoms with Gasteiger partial charge in [0, 0.05) is 34.9 Å². The van der Waals surface area contributed by atoms with Crippen LogP contribution in [0.2, 0.25) is 5.02 Å². The van der Waals surface area contributed by atoms with E-state index in [4.69, 9.17) is 11.6 Å². The Morgan fingerprint density at radius 2 is 1.70 bits per heavy atom. The van der Waals surface area contributed by atoms with Crippen molar-refractivity contribution < 1.29 is 14.4 Å². The van der Waals surface area contributed by atoms with Crippen molar-refractivity contribution in [3.63, 3.8) is 0 Å². The summed E-state index contributed by atoms with van der Waals surface area (Å²) in [6, 6.07) is 17.9. The predicted octanol–water partition coefficient (Wildman–Crippen LogP) is 4.35. The molecular formula is C26H26ClN3O3. The summed E-state index contributed by atoms with van der Waals surface area (Å²) in [5.41, 5.74) is 4.44. The van der Waals surface area contributed by atoms with Gasteiger partial charge in [0.15, 0.2) is 5.78 Å². The second-order valence-corrected chi connectivity index (χ2v) is 8.79. The molecule has 1 saturated heterocycles. The molecule has 4 rings (SSSR count). The summed E-state index contributed by atoms with van der Waals surface area (Å²) >= 11 is 5.96. The number of ketones is 1. The summed E-state index contributed by atoms with van der Waals surface area (Å²) in [4.78, 5) is 39.3. The third-order valence-electron chi connectivity index (χ3n) is 6.10. The molecule has 1 atom stereocenters. The first-order valence-electron chi connectivity index (χ1n) is 10.9. The summed E-state index contributed by atoms with van der Waals surface area (Å²) in [5.74, 6) is -0.613. The van der Waals surface area contributed by atoms with Gasteiger partial charge in [-0.3, -0.25) is 14.5 Å². The molecule has 0 saturated carbocycles. The molecule has 0 unspecified atom stereocenters. The fourth-order valence-corrected chi connectivity index (χ4v) is 4.39. The molecule has 0 aliphatic carbocycles. The molecule has 2 heterocycles. The lowest BCUT2D eigenvalue weighted by Gasteiger charge is -2.13. The Hall–Kier alpha value is -3.38. The van der Waals surface area contributed by atoms with Crippen LogP contribution in [0.15, 0.2) is 60.7 Å². The first-order valence-corrected chi connectivity index (χ1v) is 11.3. The van der Waals surface area contributed by atoms with Crippen LogP contribution in [-0.2, 0) is 24.2 Å².